The number of carbonyl (C=O) groups excluding carboxylic acids is 1. The Morgan fingerprint density at radius 2 is 2.18 bits per heavy atom. The summed E-state index contributed by atoms with van der Waals surface area (Å²) in [6, 6.07) is 8.40. The van der Waals surface area contributed by atoms with Gasteiger partial charge >= 0.3 is 0 Å². The quantitative estimate of drug-likeness (QED) is 0.360. The molecule has 1 amide bonds. The van der Waals surface area contributed by atoms with Crippen LogP contribution in [0.3, 0.4) is 0 Å². The van der Waals surface area contributed by atoms with Crippen LogP contribution in [0.1, 0.15) is 41.6 Å². The molecular weight excluding hydrogens is 518 g/mol. The topological polar surface area (TPSA) is 88.6 Å². The van der Waals surface area contributed by atoms with Gasteiger partial charge in [-0.15, -0.1) is 11.3 Å². The number of nitrogens with one attached hydrogen (secondary N) is 2. The van der Waals surface area contributed by atoms with Crippen LogP contribution in [-0.2, 0) is 16.1 Å². The van der Waals surface area contributed by atoms with Gasteiger partial charge in [0.25, 0.3) is 5.91 Å². The van der Waals surface area contributed by atoms with Gasteiger partial charge in [-0.3, -0.25) is 4.79 Å². The Balaban J connectivity index is 0.00000342. The third-order valence-electron chi connectivity index (χ3n) is 5.70. The van der Waals surface area contributed by atoms with Gasteiger partial charge in [0.15, 0.2) is 0 Å². The van der Waals surface area contributed by atoms with Crippen LogP contribution in [0.2, 0.25) is 0 Å². The fourth-order valence-corrected chi connectivity index (χ4v) is 5.72. The van der Waals surface area contributed by atoms with E-state index < -0.39 is 0 Å². The molecule has 4 rings (SSSR count). The Bertz CT molecular complexity index is 1130. The number of rotatable bonds is 10. The number of nitrogens with zero attached hydrogens (tertiary/aromatic N) is 3. The van der Waals surface area contributed by atoms with Gasteiger partial charge in [0, 0.05) is 27.2 Å². The molecule has 3 aromatic rings. The van der Waals surface area contributed by atoms with Crippen molar-refractivity contribution >= 4 is 49.2 Å². The Morgan fingerprint density at radius 3 is 2.97 bits per heavy atom. The van der Waals surface area contributed by atoms with Gasteiger partial charge < -0.3 is 25.0 Å². The first-order valence-electron chi connectivity index (χ1n) is 11.5. The van der Waals surface area contributed by atoms with Crippen LogP contribution in [0.4, 0.5) is 5.82 Å². The predicted octanol–water partition coefficient (Wildman–Crippen LogP) is 4.47. The third-order valence-corrected chi connectivity index (χ3v) is 7.90. The van der Waals surface area contributed by atoms with Crippen molar-refractivity contribution in [1.29, 1.82) is 0 Å². The van der Waals surface area contributed by atoms with Crippen LogP contribution < -0.4 is 10.6 Å². The molecule has 1 unspecified atom stereocenters. The highest BCUT2D eigenvalue weighted by molar-refractivity contribution is 9.10. The monoisotopic (exact) mass is 549 g/mol. The minimum Gasteiger partial charge on any atom is -0.378 e. The van der Waals surface area contributed by atoms with Crippen molar-refractivity contribution < 1.29 is 15.7 Å². The van der Waals surface area contributed by atoms with E-state index in [1.54, 1.807) is 0 Å². The van der Waals surface area contributed by atoms with Crippen molar-refractivity contribution in [2.45, 2.75) is 26.0 Å². The third kappa shape index (κ3) is 5.92. The van der Waals surface area contributed by atoms with Gasteiger partial charge in [-0.1, -0.05) is 24.3 Å². The van der Waals surface area contributed by atoms with Crippen LogP contribution in [0.15, 0.2) is 35.1 Å². The number of halogens is 1. The average molecular weight is 551 g/mol. The predicted molar refractivity (Wildman–Crippen MR) is 141 cm³/mol. The van der Waals surface area contributed by atoms with Crippen LogP contribution in [0.25, 0.3) is 10.2 Å². The summed E-state index contributed by atoms with van der Waals surface area (Å²) in [5, 5.41) is 6.64. The van der Waals surface area contributed by atoms with Crippen LogP contribution in [0.5, 0.6) is 0 Å². The zero-order valence-electron chi connectivity index (χ0n) is 19.5. The molecule has 1 atom stereocenters. The summed E-state index contributed by atoms with van der Waals surface area (Å²) in [4.78, 5) is 24.5. The lowest BCUT2D eigenvalue weighted by molar-refractivity contribution is 0.0305. The number of ether oxygens (including phenoxy) is 2. The molecule has 1 aromatic carbocycles. The minimum absolute atomic E-state index is 0. The van der Waals surface area contributed by atoms with Crippen LogP contribution in [0, 0.1) is 0 Å². The zero-order valence-corrected chi connectivity index (χ0v) is 21.9. The molecule has 2 N–H and O–H groups in total. The Morgan fingerprint density at radius 1 is 1.35 bits per heavy atom. The largest absolute Gasteiger partial charge is 0.378 e. The molecule has 0 radical (unpaired) electrons. The van der Waals surface area contributed by atoms with Crippen LogP contribution in [-0.4, -0.2) is 67.3 Å². The maximum Gasteiger partial charge on any atom is 0.265 e. The number of hydrogen-bond donors (Lipinski definition) is 2. The van der Waals surface area contributed by atoms with E-state index in [1.807, 2.05) is 11.9 Å². The summed E-state index contributed by atoms with van der Waals surface area (Å²) in [5.41, 5.74) is 3.03. The first-order valence-corrected chi connectivity index (χ1v) is 13.1. The molecule has 8 nitrogen and oxygen atoms in total. The molecular formula is C24H32BrN5O3S. The van der Waals surface area contributed by atoms with Crippen molar-refractivity contribution in [1.82, 2.24) is 20.2 Å². The number of amides is 1. The lowest BCUT2D eigenvalue weighted by Gasteiger charge is -2.26. The van der Waals surface area contributed by atoms with Crippen molar-refractivity contribution in [3.05, 3.63) is 51.1 Å². The fraction of sp³-hybridized carbons (Fsp3) is 0.458. The number of carbonyl (C=O) groups is 1. The van der Waals surface area contributed by atoms with Crippen molar-refractivity contribution in [3.8, 4) is 0 Å². The molecule has 2 aromatic heterocycles. The molecule has 0 saturated carbocycles. The van der Waals surface area contributed by atoms with Gasteiger partial charge in [0.05, 0.1) is 29.0 Å². The van der Waals surface area contributed by atoms with Gasteiger partial charge in [-0.25, -0.2) is 9.97 Å². The SMILES string of the molecule is CNCCCOCc1cccc(C(C)Nc2ncnc3c(Br)c(C(=O)N4CCOCC4)sc23)c1.[HH]. The van der Waals surface area contributed by atoms with Gasteiger partial charge in [-0.05, 0) is 54.0 Å². The maximum absolute atomic E-state index is 13.1. The second kappa shape index (κ2) is 12.0. The lowest BCUT2D eigenvalue weighted by Crippen LogP contribution is -2.40. The fourth-order valence-electron chi connectivity index (χ4n) is 3.81. The highest BCUT2D eigenvalue weighted by atomic mass is 79.9. The summed E-state index contributed by atoms with van der Waals surface area (Å²) >= 11 is 5.03. The number of anilines is 1. The molecule has 1 aliphatic heterocycles. The number of morpholine rings is 1. The van der Waals surface area contributed by atoms with Crippen molar-refractivity contribution in [2.24, 2.45) is 0 Å². The van der Waals surface area contributed by atoms with Crippen molar-refractivity contribution in [2.75, 3.05) is 51.8 Å². The number of hydrogen-bond acceptors (Lipinski definition) is 8. The standard InChI is InChI=1S/C24H30BrN5O3S.H2/c1-16(18-6-3-5-17(13-18)14-33-10-4-7-26-2)29-23-22-20(27-15-28-23)19(25)21(34-22)24(31)30-8-11-32-12-9-30;/h3,5-6,13,15-16,26H,4,7-12,14H2,1-2H3,(H,27,28,29);1H. The van der Waals surface area contributed by atoms with Crippen molar-refractivity contribution in [3.63, 3.8) is 0 Å². The minimum atomic E-state index is -0.000377. The van der Waals surface area contributed by atoms with E-state index in [1.165, 1.54) is 17.7 Å². The molecule has 184 valence electrons. The molecule has 0 spiro atoms. The summed E-state index contributed by atoms with van der Waals surface area (Å²) in [6.07, 6.45) is 2.53. The Kier molecular flexibility index (Phi) is 8.85. The smallest absolute Gasteiger partial charge is 0.265 e. The van der Waals surface area contributed by atoms with E-state index in [0.717, 1.165) is 51.2 Å². The molecule has 10 heteroatoms. The number of benzene rings is 1. The second-order valence-corrected chi connectivity index (χ2v) is 9.98. The van der Waals surface area contributed by atoms with Gasteiger partial charge in [-0.2, -0.15) is 0 Å². The number of thiophene rings is 1. The Labute approximate surface area is 213 Å². The highest BCUT2D eigenvalue weighted by Gasteiger charge is 2.26. The summed E-state index contributed by atoms with van der Waals surface area (Å²) in [7, 11) is 1.95. The van der Waals surface area contributed by atoms with E-state index in [-0.39, 0.29) is 13.4 Å². The number of aromatic nitrogens is 2. The normalized spacial score (nSPS) is 15.0. The number of fused-ring (bicyclic) bond motifs is 1. The first-order chi connectivity index (χ1) is 16.6. The highest BCUT2D eigenvalue weighted by Crippen LogP contribution is 2.39. The van der Waals surface area contributed by atoms with E-state index in [2.05, 4.69) is 67.7 Å². The average Bonchev–Trinajstić information content (AvgIpc) is 3.21. The molecule has 1 aliphatic rings. The van der Waals surface area contributed by atoms with Gasteiger partial charge in [0.1, 0.15) is 22.5 Å². The second-order valence-electron chi connectivity index (χ2n) is 8.17. The van der Waals surface area contributed by atoms with Gasteiger partial charge in [0.2, 0.25) is 0 Å². The molecule has 1 saturated heterocycles. The maximum atomic E-state index is 13.1. The lowest BCUT2D eigenvalue weighted by atomic mass is 10.1. The molecule has 0 aliphatic carbocycles. The first kappa shape index (κ1) is 25.0. The molecule has 34 heavy (non-hydrogen) atoms. The van der Waals surface area contributed by atoms with Crippen LogP contribution >= 0.6 is 27.3 Å². The zero-order chi connectivity index (χ0) is 23.9. The summed E-state index contributed by atoms with van der Waals surface area (Å²) < 4.78 is 12.8. The Hall–Kier alpha value is -2.11. The van der Waals surface area contributed by atoms with E-state index in [9.17, 15) is 4.79 Å². The molecule has 3 heterocycles. The van der Waals surface area contributed by atoms with E-state index in [0.29, 0.717) is 37.8 Å². The molecule has 1 fully saturated rings. The summed E-state index contributed by atoms with van der Waals surface area (Å²) in [6.45, 7) is 6.71. The van der Waals surface area contributed by atoms with E-state index in [4.69, 9.17) is 9.47 Å². The molecule has 0 bridgehead atoms. The summed E-state index contributed by atoms with van der Waals surface area (Å²) in [5.74, 6) is 0.720. The van der Waals surface area contributed by atoms with E-state index >= 15 is 0 Å².